The van der Waals surface area contributed by atoms with Crippen molar-refractivity contribution in [3.63, 3.8) is 0 Å². The SMILES string of the molecule is CCn1cc2c(n1)c(Cl)c(-c1nc3c(F)cc(N4CCOCC4)cc3[nH]1)c(=O)n2Cc1ccc(OC)cc1. The Morgan fingerprint density at radius 3 is 2.63 bits per heavy atom. The van der Waals surface area contributed by atoms with Gasteiger partial charge in [0.15, 0.2) is 5.82 Å². The summed E-state index contributed by atoms with van der Waals surface area (Å²) < 4.78 is 29.2. The molecule has 6 rings (SSSR count). The second kappa shape index (κ2) is 9.77. The summed E-state index contributed by atoms with van der Waals surface area (Å²) in [5, 5.41) is 4.78. The highest BCUT2D eigenvalue weighted by atomic mass is 35.5. The van der Waals surface area contributed by atoms with Gasteiger partial charge >= 0.3 is 0 Å². The van der Waals surface area contributed by atoms with E-state index in [0.29, 0.717) is 49.4 Å². The number of fused-ring (bicyclic) bond motifs is 2. The maximum absolute atomic E-state index is 15.2. The van der Waals surface area contributed by atoms with Crippen molar-refractivity contribution in [3.8, 4) is 17.1 Å². The van der Waals surface area contributed by atoms with Crippen LogP contribution >= 0.6 is 11.6 Å². The van der Waals surface area contributed by atoms with Gasteiger partial charge in [-0.3, -0.25) is 9.48 Å². The minimum absolute atomic E-state index is 0.147. The van der Waals surface area contributed by atoms with Crippen LogP contribution in [0.5, 0.6) is 5.75 Å². The van der Waals surface area contributed by atoms with Crippen LogP contribution in [-0.4, -0.2) is 57.7 Å². The lowest BCUT2D eigenvalue weighted by Crippen LogP contribution is -2.36. The van der Waals surface area contributed by atoms with E-state index in [1.165, 1.54) is 6.07 Å². The van der Waals surface area contributed by atoms with E-state index in [-0.39, 0.29) is 34.0 Å². The molecule has 0 amide bonds. The third kappa shape index (κ3) is 4.19. The van der Waals surface area contributed by atoms with Gasteiger partial charge in [-0.15, -0.1) is 0 Å². The fraction of sp³-hybridized carbons (Fsp3) is 0.296. The van der Waals surface area contributed by atoms with Crippen LogP contribution in [0.3, 0.4) is 0 Å². The van der Waals surface area contributed by atoms with Crippen LogP contribution in [-0.2, 0) is 17.8 Å². The lowest BCUT2D eigenvalue weighted by molar-refractivity contribution is 0.122. The number of halogens is 2. The quantitative estimate of drug-likeness (QED) is 0.345. The predicted molar refractivity (Wildman–Crippen MR) is 145 cm³/mol. The first-order valence-electron chi connectivity index (χ1n) is 12.4. The molecule has 0 spiro atoms. The first-order chi connectivity index (χ1) is 18.5. The third-order valence-corrected chi connectivity index (χ3v) is 7.25. The van der Waals surface area contributed by atoms with Crippen molar-refractivity contribution in [2.75, 3.05) is 38.3 Å². The Hall–Kier alpha value is -3.89. The Labute approximate surface area is 222 Å². The molecule has 0 bridgehead atoms. The highest BCUT2D eigenvalue weighted by molar-refractivity contribution is 6.37. The molecule has 1 fully saturated rings. The van der Waals surface area contributed by atoms with Gasteiger partial charge in [-0.2, -0.15) is 5.10 Å². The second-order valence-electron chi connectivity index (χ2n) is 9.16. The van der Waals surface area contributed by atoms with E-state index in [9.17, 15) is 4.79 Å². The van der Waals surface area contributed by atoms with Gasteiger partial charge in [0.1, 0.15) is 28.2 Å². The fourth-order valence-corrected chi connectivity index (χ4v) is 5.15. The fourth-order valence-electron chi connectivity index (χ4n) is 4.84. The number of imidazole rings is 1. The summed E-state index contributed by atoms with van der Waals surface area (Å²) in [5.41, 5.74) is 3.15. The average Bonchev–Trinajstić information content (AvgIpc) is 3.57. The van der Waals surface area contributed by atoms with Crippen molar-refractivity contribution >= 4 is 39.4 Å². The van der Waals surface area contributed by atoms with Crippen LogP contribution in [0.2, 0.25) is 5.02 Å². The number of methoxy groups -OCH3 is 1. The van der Waals surface area contributed by atoms with Gasteiger partial charge in [0, 0.05) is 31.5 Å². The number of aromatic nitrogens is 5. The van der Waals surface area contributed by atoms with Crippen molar-refractivity contribution in [3.05, 3.63) is 69.4 Å². The summed E-state index contributed by atoms with van der Waals surface area (Å²) in [6, 6.07) is 10.8. The third-order valence-electron chi connectivity index (χ3n) is 6.88. The molecule has 1 N–H and O–H groups in total. The molecule has 38 heavy (non-hydrogen) atoms. The van der Waals surface area contributed by atoms with Gasteiger partial charge in [0.2, 0.25) is 0 Å². The van der Waals surface area contributed by atoms with E-state index in [0.717, 1.165) is 17.0 Å². The molecule has 0 atom stereocenters. The van der Waals surface area contributed by atoms with Crippen LogP contribution in [0, 0.1) is 5.82 Å². The first-order valence-corrected chi connectivity index (χ1v) is 12.8. The van der Waals surface area contributed by atoms with Crippen molar-refractivity contribution in [2.24, 2.45) is 0 Å². The summed E-state index contributed by atoms with van der Waals surface area (Å²) in [7, 11) is 1.60. The van der Waals surface area contributed by atoms with E-state index in [2.05, 4.69) is 20.0 Å². The molecule has 196 valence electrons. The summed E-state index contributed by atoms with van der Waals surface area (Å²) in [6.45, 7) is 5.37. The number of H-pyrrole nitrogens is 1. The molecular weight excluding hydrogens is 511 g/mol. The largest absolute Gasteiger partial charge is 0.497 e. The molecule has 0 aliphatic carbocycles. The number of hydrogen-bond donors (Lipinski definition) is 1. The lowest BCUT2D eigenvalue weighted by Gasteiger charge is -2.28. The number of anilines is 1. The van der Waals surface area contributed by atoms with Crippen molar-refractivity contribution in [2.45, 2.75) is 20.0 Å². The predicted octanol–water partition coefficient (Wildman–Crippen LogP) is 4.45. The van der Waals surface area contributed by atoms with Crippen molar-refractivity contribution in [1.82, 2.24) is 24.3 Å². The lowest BCUT2D eigenvalue weighted by atomic mass is 10.2. The minimum Gasteiger partial charge on any atom is -0.497 e. The van der Waals surface area contributed by atoms with Crippen LogP contribution < -0.4 is 15.2 Å². The number of aryl methyl sites for hydroxylation is 1. The Kier molecular flexibility index (Phi) is 6.29. The van der Waals surface area contributed by atoms with Gasteiger partial charge in [-0.1, -0.05) is 23.7 Å². The molecule has 0 radical (unpaired) electrons. The molecular formula is C27H26ClFN6O3. The maximum Gasteiger partial charge on any atom is 0.264 e. The zero-order valence-corrected chi connectivity index (χ0v) is 21.8. The van der Waals surface area contributed by atoms with E-state index >= 15 is 4.39 Å². The molecule has 9 nitrogen and oxygen atoms in total. The molecule has 11 heteroatoms. The molecule has 0 unspecified atom stereocenters. The van der Waals surface area contributed by atoms with Gasteiger partial charge in [-0.25, -0.2) is 9.37 Å². The number of pyridine rings is 1. The molecule has 1 aliphatic rings. The van der Waals surface area contributed by atoms with Crippen LogP contribution in [0.25, 0.3) is 33.5 Å². The van der Waals surface area contributed by atoms with E-state index in [1.807, 2.05) is 43.5 Å². The van der Waals surface area contributed by atoms with Crippen molar-refractivity contribution < 1.29 is 13.9 Å². The topological polar surface area (TPSA) is 90.2 Å². The first kappa shape index (κ1) is 24.4. The monoisotopic (exact) mass is 536 g/mol. The standard InChI is InChI=1S/C27H26ClFN6O3/c1-3-34-15-21-25(32-34)23(28)22(27(36)35(21)14-16-4-6-18(37-2)7-5-16)26-30-20-13-17(12-19(29)24(20)31-26)33-8-10-38-11-9-33/h4-7,12-13,15H,3,8-11,14H2,1-2H3,(H,30,31). The Morgan fingerprint density at radius 1 is 1.16 bits per heavy atom. The second-order valence-corrected chi connectivity index (χ2v) is 9.53. The summed E-state index contributed by atoms with van der Waals surface area (Å²) in [5.74, 6) is 0.449. The van der Waals surface area contributed by atoms with Gasteiger partial charge in [-0.05, 0) is 36.8 Å². The number of nitrogens with zero attached hydrogens (tertiary/aromatic N) is 5. The van der Waals surface area contributed by atoms with Crippen LogP contribution in [0.4, 0.5) is 10.1 Å². The van der Waals surface area contributed by atoms with Gasteiger partial charge in [0.05, 0.1) is 42.9 Å². The molecule has 5 aromatic rings. The van der Waals surface area contributed by atoms with E-state index < -0.39 is 5.82 Å². The van der Waals surface area contributed by atoms with Crippen LogP contribution in [0.1, 0.15) is 12.5 Å². The number of benzene rings is 2. The number of hydrogen-bond acceptors (Lipinski definition) is 6. The molecule has 4 heterocycles. The molecule has 2 aromatic carbocycles. The normalized spacial score (nSPS) is 14.1. The Bertz CT molecular complexity index is 1700. The highest BCUT2D eigenvalue weighted by Gasteiger charge is 2.24. The Balaban J connectivity index is 1.51. The minimum atomic E-state index is -0.475. The molecule has 3 aromatic heterocycles. The molecule has 1 saturated heterocycles. The zero-order chi connectivity index (χ0) is 26.4. The smallest absolute Gasteiger partial charge is 0.264 e. The average molecular weight is 537 g/mol. The van der Waals surface area contributed by atoms with E-state index in [1.54, 1.807) is 16.4 Å². The number of ether oxygens (including phenoxy) is 2. The Morgan fingerprint density at radius 2 is 1.92 bits per heavy atom. The van der Waals surface area contributed by atoms with Gasteiger partial charge in [0.25, 0.3) is 5.56 Å². The summed E-state index contributed by atoms with van der Waals surface area (Å²) >= 11 is 6.81. The maximum atomic E-state index is 15.2. The van der Waals surface area contributed by atoms with Crippen LogP contribution in [0.15, 0.2) is 47.4 Å². The molecule has 0 saturated carbocycles. The number of aromatic amines is 1. The number of nitrogens with one attached hydrogen (secondary N) is 1. The number of rotatable bonds is 6. The highest BCUT2D eigenvalue weighted by Crippen LogP contribution is 2.33. The zero-order valence-electron chi connectivity index (χ0n) is 21.0. The van der Waals surface area contributed by atoms with Gasteiger partial charge < -0.3 is 23.9 Å². The van der Waals surface area contributed by atoms with Crippen molar-refractivity contribution in [1.29, 1.82) is 0 Å². The molecule has 1 aliphatic heterocycles. The van der Waals surface area contributed by atoms with E-state index in [4.69, 9.17) is 21.1 Å². The number of morpholine rings is 1. The summed E-state index contributed by atoms with van der Waals surface area (Å²) in [6.07, 6.45) is 1.81. The summed E-state index contributed by atoms with van der Waals surface area (Å²) in [4.78, 5) is 23.6.